The average molecular weight is 436 g/mol. The molecule has 0 bridgehead atoms. The first-order valence-corrected chi connectivity index (χ1v) is 8.65. The number of ether oxygens (including phenoxy) is 1. The van der Waals surface area contributed by atoms with Crippen molar-refractivity contribution in [2.45, 2.75) is 19.0 Å². The first kappa shape index (κ1) is 16.9. The van der Waals surface area contributed by atoms with Crippen molar-refractivity contribution in [3.05, 3.63) is 57.7 Å². The molecule has 0 spiro atoms. The lowest BCUT2D eigenvalue weighted by Crippen LogP contribution is -2.38. The Morgan fingerprint density at radius 1 is 1.12 bits per heavy atom. The van der Waals surface area contributed by atoms with Crippen LogP contribution < -0.4 is 15.0 Å². The van der Waals surface area contributed by atoms with Crippen molar-refractivity contribution in [1.29, 1.82) is 0 Å². The highest BCUT2D eigenvalue weighted by Crippen LogP contribution is 2.24. The standard InChI is InChI=1S/C18H17IN2O3/c1-24-15-8-2-12(3-9-15)11-20-16-10-17(22)21(18(16)23)14-6-4-13(19)5-7-14/h2-9,16,20H,10-11H2,1H3/t16-/m0/s1. The number of benzene rings is 2. The predicted molar refractivity (Wildman–Crippen MR) is 99.9 cm³/mol. The zero-order valence-electron chi connectivity index (χ0n) is 13.2. The van der Waals surface area contributed by atoms with Gasteiger partial charge in [0.1, 0.15) is 5.75 Å². The Morgan fingerprint density at radius 2 is 1.79 bits per heavy atom. The van der Waals surface area contributed by atoms with Crippen LogP contribution in [0.25, 0.3) is 0 Å². The molecule has 3 rings (SSSR count). The van der Waals surface area contributed by atoms with Crippen molar-refractivity contribution in [3.8, 4) is 5.75 Å². The van der Waals surface area contributed by atoms with Crippen molar-refractivity contribution < 1.29 is 14.3 Å². The lowest BCUT2D eigenvalue weighted by Gasteiger charge is -2.15. The van der Waals surface area contributed by atoms with Gasteiger partial charge in [-0.25, -0.2) is 4.90 Å². The Hall–Kier alpha value is -1.93. The normalized spacial score (nSPS) is 17.4. The van der Waals surface area contributed by atoms with Gasteiger partial charge in [-0.15, -0.1) is 0 Å². The molecule has 1 aliphatic rings. The average Bonchev–Trinajstić information content (AvgIpc) is 2.88. The van der Waals surface area contributed by atoms with Gasteiger partial charge in [0.15, 0.2) is 0 Å². The molecule has 2 amide bonds. The number of hydrogen-bond acceptors (Lipinski definition) is 4. The maximum absolute atomic E-state index is 12.5. The van der Waals surface area contributed by atoms with Crippen LogP contribution >= 0.6 is 22.6 Å². The lowest BCUT2D eigenvalue weighted by molar-refractivity contribution is -0.121. The van der Waals surface area contributed by atoms with E-state index in [0.717, 1.165) is 14.9 Å². The van der Waals surface area contributed by atoms with Crippen LogP contribution in [-0.2, 0) is 16.1 Å². The number of amides is 2. The number of rotatable bonds is 5. The summed E-state index contributed by atoms with van der Waals surface area (Å²) in [5, 5.41) is 3.17. The molecule has 0 aliphatic carbocycles. The third kappa shape index (κ3) is 3.59. The van der Waals surface area contributed by atoms with E-state index < -0.39 is 6.04 Å². The molecule has 0 radical (unpaired) electrons. The fraction of sp³-hybridized carbons (Fsp3) is 0.222. The van der Waals surface area contributed by atoms with Crippen molar-refractivity contribution in [2.75, 3.05) is 12.0 Å². The molecule has 6 heteroatoms. The summed E-state index contributed by atoms with van der Waals surface area (Å²) in [6.45, 7) is 0.522. The molecule has 5 nitrogen and oxygen atoms in total. The molecule has 24 heavy (non-hydrogen) atoms. The van der Waals surface area contributed by atoms with E-state index in [1.54, 1.807) is 19.2 Å². The maximum Gasteiger partial charge on any atom is 0.251 e. The van der Waals surface area contributed by atoms with Crippen LogP contribution in [0, 0.1) is 3.57 Å². The number of hydrogen-bond donors (Lipinski definition) is 1. The van der Waals surface area contributed by atoms with Crippen molar-refractivity contribution in [2.24, 2.45) is 0 Å². The Balaban J connectivity index is 1.66. The molecule has 0 saturated carbocycles. The molecule has 1 N–H and O–H groups in total. The van der Waals surface area contributed by atoms with Gasteiger partial charge in [-0.05, 0) is 64.6 Å². The quantitative estimate of drug-likeness (QED) is 0.579. The van der Waals surface area contributed by atoms with E-state index in [1.807, 2.05) is 36.4 Å². The molecule has 0 unspecified atom stereocenters. The summed E-state index contributed by atoms with van der Waals surface area (Å²) in [6, 6.07) is 14.5. The Kier molecular flexibility index (Phi) is 5.15. The second kappa shape index (κ2) is 7.31. The van der Waals surface area contributed by atoms with Crippen molar-refractivity contribution in [1.82, 2.24) is 5.32 Å². The number of nitrogens with zero attached hydrogens (tertiary/aromatic N) is 1. The SMILES string of the molecule is COc1ccc(CN[C@H]2CC(=O)N(c3ccc(I)cc3)C2=O)cc1. The predicted octanol–water partition coefficient (Wildman–Crippen LogP) is 2.72. The summed E-state index contributed by atoms with van der Waals surface area (Å²) < 4.78 is 6.18. The van der Waals surface area contributed by atoms with Crippen LogP contribution in [0.5, 0.6) is 5.75 Å². The fourth-order valence-corrected chi connectivity index (χ4v) is 3.00. The van der Waals surface area contributed by atoms with Gasteiger partial charge in [-0.3, -0.25) is 9.59 Å². The van der Waals surface area contributed by atoms with Gasteiger partial charge in [0.05, 0.1) is 25.3 Å². The number of carbonyl (C=O) groups is 2. The molecule has 1 heterocycles. The van der Waals surface area contributed by atoms with Gasteiger partial charge in [0.25, 0.3) is 5.91 Å². The third-order valence-corrected chi connectivity index (χ3v) is 4.66. The smallest absolute Gasteiger partial charge is 0.251 e. The minimum absolute atomic E-state index is 0.173. The van der Waals surface area contributed by atoms with E-state index >= 15 is 0 Å². The molecule has 1 atom stereocenters. The zero-order valence-corrected chi connectivity index (χ0v) is 15.3. The monoisotopic (exact) mass is 436 g/mol. The molecular formula is C18H17IN2O3. The van der Waals surface area contributed by atoms with Gasteiger partial charge >= 0.3 is 0 Å². The Labute approximate surface area is 154 Å². The van der Waals surface area contributed by atoms with Crippen LogP contribution in [0.3, 0.4) is 0 Å². The van der Waals surface area contributed by atoms with E-state index in [2.05, 4.69) is 27.9 Å². The number of anilines is 1. The minimum atomic E-state index is -0.487. The molecule has 1 saturated heterocycles. The summed E-state index contributed by atoms with van der Waals surface area (Å²) in [7, 11) is 1.62. The van der Waals surface area contributed by atoms with Crippen molar-refractivity contribution in [3.63, 3.8) is 0 Å². The van der Waals surface area contributed by atoms with E-state index in [4.69, 9.17) is 4.74 Å². The summed E-state index contributed by atoms with van der Waals surface area (Å²) in [5.41, 5.74) is 1.66. The molecule has 1 aliphatic heterocycles. The Morgan fingerprint density at radius 3 is 2.42 bits per heavy atom. The van der Waals surface area contributed by atoms with Gasteiger partial charge in [0, 0.05) is 10.1 Å². The topological polar surface area (TPSA) is 58.6 Å². The van der Waals surface area contributed by atoms with Crippen LogP contribution in [0.15, 0.2) is 48.5 Å². The summed E-state index contributed by atoms with van der Waals surface area (Å²) >= 11 is 2.19. The maximum atomic E-state index is 12.5. The summed E-state index contributed by atoms with van der Waals surface area (Å²) in [6.07, 6.45) is 0.182. The second-order valence-corrected chi connectivity index (χ2v) is 6.78. The molecule has 2 aromatic carbocycles. The molecule has 124 valence electrons. The van der Waals surface area contributed by atoms with E-state index in [1.165, 1.54) is 4.90 Å². The summed E-state index contributed by atoms with van der Waals surface area (Å²) in [5.74, 6) is 0.416. The van der Waals surface area contributed by atoms with Gasteiger partial charge in [0.2, 0.25) is 5.91 Å². The highest BCUT2D eigenvalue weighted by molar-refractivity contribution is 14.1. The number of nitrogens with one attached hydrogen (secondary N) is 1. The zero-order chi connectivity index (χ0) is 17.1. The minimum Gasteiger partial charge on any atom is -0.497 e. The van der Waals surface area contributed by atoms with Crippen LogP contribution in [-0.4, -0.2) is 25.0 Å². The van der Waals surface area contributed by atoms with Crippen LogP contribution in [0.4, 0.5) is 5.69 Å². The lowest BCUT2D eigenvalue weighted by atomic mass is 10.2. The summed E-state index contributed by atoms with van der Waals surface area (Å²) in [4.78, 5) is 26.0. The first-order chi connectivity index (χ1) is 11.6. The highest BCUT2D eigenvalue weighted by Gasteiger charge is 2.39. The van der Waals surface area contributed by atoms with Crippen LogP contribution in [0.2, 0.25) is 0 Å². The van der Waals surface area contributed by atoms with Gasteiger partial charge in [-0.2, -0.15) is 0 Å². The highest BCUT2D eigenvalue weighted by atomic mass is 127. The molecule has 0 aromatic heterocycles. The molecule has 2 aromatic rings. The fourth-order valence-electron chi connectivity index (χ4n) is 2.64. The molecular weight excluding hydrogens is 419 g/mol. The number of methoxy groups -OCH3 is 1. The van der Waals surface area contributed by atoms with E-state index in [0.29, 0.717) is 12.2 Å². The molecule has 1 fully saturated rings. The number of halogens is 1. The number of imide groups is 1. The van der Waals surface area contributed by atoms with Crippen molar-refractivity contribution >= 4 is 40.1 Å². The van der Waals surface area contributed by atoms with Crippen LogP contribution in [0.1, 0.15) is 12.0 Å². The van der Waals surface area contributed by atoms with Gasteiger partial charge in [-0.1, -0.05) is 12.1 Å². The first-order valence-electron chi connectivity index (χ1n) is 7.57. The van der Waals surface area contributed by atoms with E-state index in [-0.39, 0.29) is 18.2 Å². The Bertz CT molecular complexity index is 744. The number of carbonyl (C=O) groups excluding carboxylic acids is 2. The second-order valence-electron chi connectivity index (χ2n) is 5.53. The third-order valence-electron chi connectivity index (χ3n) is 3.94. The van der Waals surface area contributed by atoms with Gasteiger partial charge < -0.3 is 10.1 Å². The van der Waals surface area contributed by atoms with E-state index in [9.17, 15) is 9.59 Å². The largest absolute Gasteiger partial charge is 0.497 e.